The second-order valence-electron chi connectivity index (χ2n) is 6.52. The molecule has 9 nitrogen and oxygen atoms in total. The van der Waals surface area contributed by atoms with Crippen molar-refractivity contribution in [2.24, 2.45) is 0 Å². The first kappa shape index (κ1) is 20.1. The molecule has 28 heavy (non-hydrogen) atoms. The second kappa shape index (κ2) is 9.52. The minimum atomic E-state index is 0.0258. The molecule has 1 aliphatic heterocycles. The van der Waals surface area contributed by atoms with Crippen LogP contribution in [0.25, 0.3) is 11.4 Å². The van der Waals surface area contributed by atoms with E-state index in [4.69, 9.17) is 18.7 Å². The Morgan fingerprint density at radius 2 is 1.93 bits per heavy atom. The lowest BCUT2D eigenvalue weighted by atomic mass is 10.2. The summed E-state index contributed by atoms with van der Waals surface area (Å²) in [5, 5.41) is 4.08. The van der Waals surface area contributed by atoms with Gasteiger partial charge in [0.15, 0.2) is 11.5 Å². The average molecular weight is 390 g/mol. The van der Waals surface area contributed by atoms with E-state index >= 15 is 0 Å². The van der Waals surface area contributed by atoms with Crippen LogP contribution < -0.4 is 9.47 Å². The molecule has 9 heteroatoms. The Morgan fingerprint density at radius 1 is 1.11 bits per heavy atom. The molecule has 1 fully saturated rings. The number of amides is 1. The molecule has 1 amide bonds. The minimum Gasteiger partial charge on any atom is -0.493 e. The van der Waals surface area contributed by atoms with Crippen LogP contribution in [0, 0.1) is 0 Å². The van der Waals surface area contributed by atoms with Gasteiger partial charge >= 0.3 is 0 Å². The molecule has 0 atom stereocenters. The second-order valence-corrected chi connectivity index (χ2v) is 6.52. The Labute approximate surface area is 164 Å². The van der Waals surface area contributed by atoms with E-state index in [-0.39, 0.29) is 12.5 Å². The lowest BCUT2D eigenvalue weighted by Gasteiger charge is -2.20. The first-order valence-electron chi connectivity index (χ1n) is 9.18. The maximum atomic E-state index is 12.0. The zero-order chi connectivity index (χ0) is 19.9. The number of aromatic nitrogens is 2. The molecule has 0 saturated carbocycles. The van der Waals surface area contributed by atoms with Gasteiger partial charge in [-0.05, 0) is 24.6 Å². The quantitative estimate of drug-likeness (QED) is 0.701. The summed E-state index contributed by atoms with van der Waals surface area (Å²) in [5.41, 5.74) is 0.792. The van der Waals surface area contributed by atoms with Gasteiger partial charge in [-0.25, -0.2) is 0 Å². The molecule has 1 aromatic carbocycles. The van der Waals surface area contributed by atoms with E-state index in [0.29, 0.717) is 36.3 Å². The van der Waals surface area contributed by atoms with Crippen LogP contribution in [0.15, 0.2) is 22.7 Å². The highest BCUT2D eigenvalue weighted by molar-refractivity contribution is 5.77. The van der Waals surface area contributed by atoms with E-state index in [9.17, 15) is 4.79 Å². The third kappa shape index (κ3) is 4.79. The van der Waals surface area contributed by atoms with Gasteiger partial charge in [-0.3, -0.25) is 9.69 Å². The highest BCUT2D eigenvalue weighted by Gasteiger charge is 2.21. The van der Waals surface area contributed by atoms with Gasteiger partial charge in [0.05, 0.1) is 20.8 Å². The van der Waals surface area contributed by atoms with Gasteiger partial charge in [-0.1, -0.05) is 5.16 Å². The first-order chi connectivity index (χ1) is 13.6. The molecule has 1 aromatic heterocycles. The molecule has 0 spiro atoms. The maximum Gasteiger partial charge on any atom is 0.248 e. The van der Waals surface area contributed by atoms with E-state index < -0.39 is 0 Å². The van der Waals surface area contributed by atoms with Gasteiger partial charge < -0.3 is 23.6 Å². The van der Waals surface area contributed by atoms with Crippen LogP contribution in [0.4, 0.5) is 0 Å². The molecule has 3 rings (SSSR count). The summed E-state index contributed by atoms with van der Waals surface area (Å²) in [7, 11) is 4.71. The number of nitrogens with zero attached hydrogens (tertiary/aromatic N) is 4. The maximum absolute atomic E-state index is 12.0. The predicted molar refractivity (Wildman–Crippen MR) is 101 cm³/mol. The van der Waals surface area contributed by atoms with Crippen molar-refractivity contribution in [3.63, 3.8) is 0 Å². The van der Waals surface area contributed by atoms with Crippen LogP contribution in [-0.2, 0) is 16.1 Å². The summed E-state index contributed by atoms with van der Waals surface area (Å²) in [4.78, 5) is 20.6. The Balaban J connectivity index is 1.62. The standard InChI is InChI=1S/C19H26N4O5/c1-25-13-18(24)23-8-4-7-22(9-10-23)12-17-20-19(21-28-17)14-5-6-15(26-2)16(11-14)27-3/h5-6,11H,4,7-10,12-13H2,1-3H3. The van der Waals surface area contributed by atoms with Gasteiger partial charge in [0.25, 0.3) is 0 Å². The number of benzene rings is 1. The van der Waals surface area contributed by atoms with Crippen molar-refractivity contribution in [1.29, 1.82) is 0 Å². The minimum absolute atomic E-state index is 0.0258. The summed E-state index contributed by atoms with van der Waals surface area (Å²) in [5.74, 6) is 2.33. The molecule has 2 aromatic rings. The molecule has 0 radical (unpaired) electrons. The summed E-state index contributed by atoms with van der Waals surface area (Å²) in [6, 6.07) is 5.49. The summed E-state index contributed by atoms with van der Waals surface area (Å²) in [6.07, 6.45) is 0.895. The molecule has 0 bridgehead atoms. The van der Waals surface area contributed by atoms with Crippen LogP contribution in [0.1, 0.15) is 12.3 Å². The molecule has 0 unspecified atom stereocenters. The number of rotatable bonds is 7. The Hall–Kier alpha value is -2.65. The molecule has 2 heterocycles. The van der Waals surface area contributed by atoms with Crippen molar-refractivity contribution in [3.8, 4) is 22.9 Å². The number of ether oxygens (including phenoxy) is 3. The summed E-state index contributed by atoms with van der Waals surface area (Å²) >= 11 is 0. The average Bonchev–Trinajstić information content (AvgIpc) is 3.05. The molecule has 1 aliphatic rings. The molecule has 1 saturated heterocycles. The molecule has 0 aliphatic carbocycles. The Morgan fingerprint density at radius 3 is 2.68 bits per heavy atom. The van der Waals surface area contributed by atoms with Crippen molar-refractivity contribution in [1.82, 2.24) is 19.9 Å². The van der Waals surface area contributed by atoms with Crippen molar-refractivity contribution in [3.05, 3.63) is 24.1 Å². The monoisotopic (exact) mass is 390 g/mol. The number of hydrogen-bond donors (Lipinski definition) is 0. The Bertz CT molecular complexity index is 794. The van der Waals surface area contributed by atoms with Gasteiger partial charge in [-0.2, -0.15) is 4.98 Å². The lowest BCUT2D eigenvalue weighted by Crippen LogP contribution is -2.37. The number of carbonyl (C=O) groups excluding carboxylic acids is 1. The first-order valence-corrected chi connectivity index (χ1v) is 9.18. The predicted octanol–water partition coefficient (Wildman–Crippen LogP) is 1.43. The fraction of sp³-hybridized carbons (Fsp3) is 0.526. The highest BCUT2D eigenvalue weighted by atomic mass is 16.5. The zero-order valence-electron chi connectivity index (χ0n) is 16.5. The van der Waals surface area contributed by atoms with Crippen LogP contribution in [0.5, 0.6) is 11.5 Å². The third-order valence-corrected chi connectivity index (χ3v) is 4.68. The van der Waals surface area contributed by atoms with Crippen LogP contribution >= 0.6 is 0 Å². The number of hydrogen-bond acceptors (Lipinski definition) is 8. The molecule has 0 N–H and O–H groups in total. The number of carbonyl (C=O) groups is 1. The smallest absolute Gasteiger partial charge is 0.248 e. The van der Waals surface area contributed by atoms with E-state index in [0.717, 1.165) is 31.6 Å². The van der Waals surface area contributed by atoms with Gasteiger partial charge in [0, 0.05) is 38.9 Å². The van der Waals surface area contributed by atoms with Gasteiger partial charge in [-0.15, -0.1) is 0 Å². The van der Waals surface area contributed by atoms with Gasteiger partial charge in [0.1, 0.15) is 6.61 Å². The SMILES string of the molecule is COCC(=O)N1CCCN(Cc2nc(-c3ccc(OC)c(OC)c3)no2)CC1. The van der Waals surface area contributed by atoms with Crippen LogP contribution in [-0.4, -0.2) is 80.0 Å². The summed E-state index contributed by atoms with van der Waals surface area (Å²) in [6.45, 7) is 3.69. The van der Waals surface area contributed by atoms with Crippen molar-refractivity contribution >= 4 is 5.91 Å². The van der Waals surface area contributed by atoms with Crippen molar-refractivity contribution in [2.45, 2.75) is 13.0 Å². The van der Waals surface area contributed by atoms with Crippen LogP contribution in [0.3, 0.4) is 0 Å². The van der Waals surface area contributed by atoms with Crippen molar-refractivity contribution in [2.75, 3.05) is 54.1 Å². The topological polar surface area (TPSA) is 90.2 Å². The molecule has 152 valence electrons. The van der Waals surface area contributed by atoms with Gasteiger partial charge in [0.2, 0.25) is 17.6 Å². The van der Waals surface area contributed by atoms with Crippen molar-refractivity contribution < 1.29 is 23.5 Å². The molecular weight excluding hydrogens is 364 g/mol. The fourth-order valence-corrected chi connectivity index (χ4v) is 3.20. The summed E-state index contributed by atoms with van der Waals surface area (Å²) < 4.78 is 21.0. The van der Waals surface area contributed by atoms with E-state index in [1.54, 1.807) is 14.2 Å². The van der Waals surface area contributed by atoms with E-state index in [2.05, 4.69) is 15.0 Å². The van der Waals surface area contributed by atoms with Crippen LogP contribution in [0.2, 0.25) is 0 Å². The normalized spacial score (nSPS) is 15.3. The zero-order valence-corrected chi connectivity index (χ0v) is 16.5. The highest BCUT2D eigenvalue weighted by Crippen LogP contribution is 2.31. The molecular formula is C19H26N4O5. The van der Waals surface area contributed by atoms with E-state index in [1.165, 1.54) is 7.11 Å². The number of methoxy groups -OCH3 is 3. The van der Waals surface area contributed by atoms with E-state index in [1.807, 2.05) is 23.1 Å². The Kier molecular flexibility index (Phi) is 6.83. The third-order valence-electron chi connectivity index (χ3n) is 4.68. The largest absolute Gasteiger partial charge is 0.493 e. The fourth-order valence-electron chi connectivity index (χ4n) is 3.20. The lowest BCUT2D eigenvalue weighted by molar-refractivity contribution is -0.135.